The van der Waals surface area contributed by atoms with Gasteiger partial charge < -0.3 is 19.9 Å². The number of rotatable bonds is 9. The van der Waals surface area contributed by atoms with Crippen LogP contribution in [0.1, 0.15) is 27.2 Å². The molecule has 0 aliphatic carbocycles. The van der Waals surface area contributed by atoms with Gasteiger partial charge in [-0.3, -0.25) is 14.9 Å². The molecule has 8 nitrogen and oxygen atoms in total. The number of ether oxygens (including phenoxy) is 1. The molecule has 6 rings (SSSR count). The number of carbonyl (C=O) groups excluding carboxylic acids is 1. The molecule has 0 spiro atoms. The van der Waals surface area contributed by atoms with E-state index in [1.165, 1.54) is 12.1 Å². The average Bonchev–Trinajstić information content (AvgIpc) is 3.59. The lowest BCUT2D eigenvalue weighted by Gasteiger charge is -2.17. The predicted molar refractivity (Wildman–Crippen MR) is 179 cm³/mol. The number of hydrogen-bond donors (Lipinski definition) is 3. The second-order valence-electron chi connectivity index (χ2n) is 12.9. The number of anilines is 1. The van der Waals surface area contributed by atoms with E-state index in [1.54, 1.807) is 12.4 Å². The first kappa shape index (κ1) is 30.0. The van der Waals surface area contributed by atoms with E-state index in [0.29, 0.717) is 24.5 Å². The standard InChI is InChI=1S/C36H37FN6O2/c1-36(2,3)19-34(44)39-26-14-24(20-38-21-26)22-9-10-32-30(16-22)35(42-41-32)33-18-29-28(7-6-8-31(29)40-33)23-13-25(37)17-27(15-23)45-12-11-43(4)5/h6-10,13-18,20-21,40H,11-12,19H2,1-5H3,(H,39,44)(H,41,42). The van der Waals surface area contributed by atoms with Crippen molar-refractivity contribution in [3.05, 3.63) is 84.9 Å². The molecule has 3 aromatic carbocycles. The molecule has 0 saturated carbocycles. The van der Waals surface area contributed by atoms with Crippen molar-refractivity contribution in [3.8, 4) is 39.4 Å². The quantitative estimate of drug-likeness (QED) is 0.156. The number of pyridine rings is 1. The molecule has 45 heavy (non-hydrogen) atoms. The Balaban J connectivity index is 1.33. The summed E-state index contributed by atoms with van der Waals surface area (Å²) in [5, 5.41) is 12.7. The van der Waals surface area contributed by atoms with Crippen LogP contribution in [0.25, 0.3) is 55.4 Å². The molecule has 0 aliphatic rings. The summed E-state index contributed by atoms with van der Waals surface area (Å²) in [4.78, 5) is 22.4. The average molecular weight is 605 g/mol. The summed E-state index contributed by atoms with van der Waals surface area (Å²) in [6.07, 6.45) is 3.86. The van der Waals surface area contributed by atoms with E-state index in [4.69, 9.17) is 4.74 Å². The summed E-state index contributed by atoms with van der Waals surface area (Å²) in [6.45, 7) is 7.31. The van der Waals surface area contributed by atoms with Crippen molar-refractivity contribution < 1.29 is 13.9 Å². The topological polar surface area (TPSA) is 98.9 Å². The smallest absolute Gasteiger partial charge is 0.224 e. The Morgan fingerprint density at radius 3 is 2.58 bits per heavy atom. The van der Waals surface area contributed by atoms with Crippen molar-refractivity contribution >= 4 is 33.4 Å². The first-order chi connectivity index (χ1) is 21.5. The molecule has 0 radical (unpaired) electrons. The summed E-state index contributed by atoms with van der Waals surface area (Å²) in [5.41, 5.74) is 7.41. The molecule has 9 heteroatoms. The maximum Gasteiger partial charge on any atom is 0.224 e. The van der Waals surface area contributed by atoms with E-state index in [0.717, 1.165) is 62.0 Å². The van der Waals surface area contributed by atoms with Crippen LogP contribution in [0.5, 0.6) is 5.75 Å². The van der Waals surface area contributed by atoms with Crippen LogP contribution in [0, 0.1) is 11.2 Å². The zero-order valence-electron chi connectivity index (χ0n) is 26.2. The highest BCUT2D eigenvalue weighted by atomic mass is 19.1. The fraction of sp³-hybridized carbons (Fsp3) is 0.250. The number of halogens is 1. The second kappa shape index (κ2) is 12.2. The van der Waals surface area contributed by atoms with Gasteiger partial charge in [0.05, 0.1) is 23.1 Å². The van der Waals surface area contributed by atoms with Crippen LogP contribution in [0.15, 0.2) is 79.1 Å². The maximum atomic E-state index is 14.7. The van der Waals surface area contributed by atoms with Gasteiger partial charge in [-0.1, -0.05) is 39.0 Å². The summed E-state index contributed by atoms with van der Waals surface area (Å²) < 4.78 is 20.5. The summed E-state index contributed by atoms with van der Waals surface area (Å²) >= 11 is 0. The molecule has 3 aromatic heterocycles. The van der Waals surface area contributed by atoms with Gasteiger partial charge in [0.2, 0.25) is 5.91 Å². The van der Waals surface area contributed by atoms with Gasteiger partial charge in [0.1, 0.15) is 23.9 Å². The minimum Gasteiger partial charge on any atom is -0.492 e. The molecule has 1 amide bonds. The molecule has 3 N–H and O–H groups in total. The van der Waals surface area contributed by atoms with Gasteiger partial charge in [-0.2, -0.15) is 5.10 Å². The molecular formula is C36H37FN6O2. The lowest BCUT2D eigenvalue weighted by Crippen LogP contribution is -2.19. The number of aromatic nitrogens is 4. The van der Waals surface area contributed by atoms with Crippen molar-refractivity contribution in [1.82, 2.24) is 25.1 Å². The van der Waals surface area contributed by atoms with E-state index < -0.39 is 0 Å². The molecule has 0 atom stereocenters. The largest absolute Gasteiger partial charge is 0.492 e. The fourth-order valence-electron chi connectivity index (χ4n) is 5.43. The van der Waals surface area contributed by atoms with Crippen LogP contribution in [0.4, 0.5) is 10.1 Å². The number of amides is 1. The highest BCUT2D eigenvalue weighted by molar-refractivity contribution is 6.02. The maximum absolute atomic E-state index is 14.7. The number of hydrogen-bond acceptors (Lipinski definition) is 5. The highest BCUT2D eigenvalue weighted by Gasteiger charge is 2.18. The summed E-state index contributed by atoms with van der Waals surface area (Å²) in [7, 11) is 3.94. The van der Waals surface area contributed by atoms with E-state index in [1.807, 2.05) is 82.2 Å². The zero-order chi connectivity index (χ0) is 31.7. The van der Waals surface area contributed by atoms with Crippen LogP contribution >= 0.6 is 0 Å². The molecule has 0 unspecified atom stereocenters. The van der Waals surface area contributed by atoms with Crippen molar-refractivity contribution in [1.29, 1.82) is 0 Å². The third-order valence-corrected chi connectivity index (χ3v) is 7.52. The minimum atomic E-state index is -0.349. The van der Waals surface area contributed by atoms with Crippen LogP contribution in [0.3, 0.4) is 0 Å². The fourth-order valence-corrected chi connectivity index (χ4v) is 5.43. The predicted octanol–water partition coefficient (Wildman–Crippen LogP) is 7.89. The van der Waals surface area contributed by atoms with Gasteiger partial charge in [-0.05, 0) is 78.7 Å². The molecule has 3 heterocycles. The van der Waals surface area contributed by atoms with Crippen LogP contribution in [-0.2, 0) is 4.79 Å². The number of carbonyl (C=O) groups is 1. The third-order valence-electron chi connectivity index (χ3n) is 7.52. The van der Waals surface area contributed by atoms with E-state index in [9.17, 15) is 9.18 Å². The van der Waals surface area contributed by atoms with E-state index in [2.05, 4.69) is 37.6 Å². The molecule has 230 valence electrons. The normalized spacial score (nSPS) is 11.9. The lowest BCUT2D eigenvalue weighted by molar-refractivity contribution is -0.117. The number of nitrogens with one attached hydrogen (secondary N) is 3. The molecule has 0 fully saturated rings. The van der Waals surface area contributed by atoms with Crippen molar-refractivity contribution in [3.63, 3.8) is 0 Å². The van der Waals surface area contributed by atoms with Crippen LogP contribution in [-0.4, -0.2) is 58.2 Å². The van der Waals surface area contributed by atoms with Gasteiger partial charge in [0.25, 0.3) is 0 Å². The van der Waals surface area contributed by atoms with Gasteiger partial charge >= 0.3 is 0 Å². The van der Waals surface area contributed by atoms with Gasteiger partial charge in [-0.15, -0.1) is 0 Å². The molecule has 0 aliphatic heterocycles. The Morgan fingerprint density at radius 2 is 1.78 bits per heavy atom. The van der Waals surface area contributed by atoms with E-state index in [-0.39, 0.29) is 17.1 Å². The van der Waals surface area contributed by atoms with Crippen LogP contribution < -0.4 is 10.1 Å². The monoisotopic (exact) mass is 604 g/mol. The number of benzene rings is 3. The van der Waals surface area contributed by atoms with Crippen molar-refractivity contribution in [2.45, 2.75) is 27.2 Å². The Morgan fingerprint density at radius 1 is 0.933 bits per heavy atom. The molecule has 0 saturated heterocycles. The Kier molecular flexibility index (Phi) is 8.12. The Labute approximate surface area is 261 Å². The third kappa shape index (κ3) is 6.89. The molecule has 6 aromatic rings. The number of nitrogens with zero attached hydrogens (tertiary/aromatic N) is 3. The van der Waals surface area contributed by atoms with Crippen LogP contribution in [0.2, 0.25) is 0 Å². The zero-order valence-corrected chi connectivity index (χ0v) is 26.2. The molecule has 0 bridgehead atoms. The highest BCUT2D eigenvalue weighted by Crippen LogP contribution is 2.36. The summed E-state index contributed by atoms with van der Waals surface area (Å²) in [6, 6.07) is 20.8. The minimum absolute atomic E-state index is 0.0430. The second-order valence-corrected chi connectivity index (χ2v) is 12.9. The Bertz CT molecular complexity index is 2000. The number of fused-ring (bicyclic) bond motifs is 2. The first-order valence-electron chi connectivity index (χ1n) is 15.0. The van der Waals surface area contributed by atoms with Gasteiger partial charge in [0.15, 0.2) is 0 Å². The lowest BCUT2D eigenvalue weighted by atomic mass is 9.92. The number of likely N-dealkylation sites (N-methyl/N-ethyl adjacent to an activating group) is 1. The first-order valence-corrected chi connectivity index (χ1v) is 15.0. The van der Waals surface area contributed by atoms with E-state index >= 15 is 0 Å². The van der Waals surface area contributed by atoms with Crippen molar-refractivity contribution in [2.75, 3.05) is 32.6 Å². The van der Waals surface area contributed by atoms with Crippen molar-refractivity contribution in [2.24, 2.45) is 5.41 Å². The number of aromatic amines is 2. The van der Waals surface area contributed by atoms with Gasteiger partial charge in [-0.25, -0.2) is 4.39 Å². The van der Waals surface area contributed by atoms with Gasteiger partial charge in [0, 0.05) is 47.1 Å². The Hall–Kier alpha value is -5.02. The molecular weight excluding hydrogens is 567 g/mol. The SMILES string of the molecule is CN(C)CCOc1cc(F)cc(-c2cccc3[nH]c(-c4n[nH]c5ccc(-c6cncc(NC(=O)CC(C)(C)C)c6)cc45)cc23)c1. The number of H-pyrrole nitrogens is 2. The summed E-state index contributed by atoms with van der Waals surface area (Å²) in [5.74, 6) is 0.106.